The lowest BCUT2D eigenvalue weighted by molar-refractivity contribution is -0.274. The fraction of sp³-hybridized carbons (Fsp3) is 0.350. The van der Waals surface area contributed by atoms with Crippen molar-refractivity contribution in [3.05, 3.63) is 48.0 Å². The van der Waals surface area contributed by atoms with Crippen LogP contribution in [0.5, 0.6) is 5.75 Å². The summed E-state index contributed by atoms with van der Waals surface area (Å²) < 4.78 is 68.5. The molecule has 31 heavy (non-hydrogen) atoms. The molecule has 0 saturated carbocycles. The Morgan fingerprint density at radius 1 is 1.13 bits per heavy atom. The number of benzene rings is 2. The number of anilines is 2. The van der Waals surface area contributed by atoms with Gasteiger partial charge in [-0.05, 0) is 48.7 Å². The summed E-state index contributed by atoms with van der Waals surface area (Å²) in [6.45, 7) is 4.78. The number of carbonyl (C=O) groups is 1. The minimum absolute atomic E-state index is 0.0907. The largest absolute Gasteiger partial charge is 0.573 e. The van der Waals surface area contributed by atoms with Crippen LogP contribution in [0, 0.1) is 18.8 Å². The molecule has 170 valence electrons. The smallest absolute Gasteiger partial charge is 0.406 e. The van der Waals surface area contributed by atoms with Gasteiger partial charge in [0.2, 0.25) is 5.91 Å². The Kier molecular flexibility index (Phi) is 7.55. The lowest BCUT2D eigenvalue weighted by Crippen LogP contribution is -2.29. The molecule has 7 nitrogen and oxygen atoms in total. The number of sulfonamides is 1. The normalized spacial score (nSPS) is 13.0. The number of ether oxygens (including phenoxy) is 1. The fourth-order valence-electron chi connectivity index (χ4n) is 2.83. The highest BCUT2D eigenvalue weighted by atomic mass is 32.2. The number of amides is 1. The highest BCUT2D eigenvalue weighted by Gasteiger charge is 2.31. The summed E-state index contributed by atoms with van der Waals surface area (Å²) in [7, 11) is -4.12. The fourth-order valence-corrected chi connectivity index (χ4v) is 4.10. The van der Waals surface area contributed by atoms with Gasteiger partial charge in [0, 0.05) is 11.8 Å². The monoisotopic (exact) mass is 460 g/mol. The van der Waals surface area contributed by atoms with E-state index in [1.165, 1.54) is 37.3 Å². The second kappa shape index (κ2) is 9.56. The molecule has 2 aromatic carbocycles. The summed E-state index contributed by atoms with van der Waals surface area (Å²) in [6.07, 6.45) is -4.90. The summed E-state index contributed by atoms with van der Waals surface area (Å²) >= 11 is 0. The molecule has 1 atom stereocenters. The second-order valence-corrected chi connectivity index (χ2v) is 8.83. The van der Waals surface area contributed by atoms with Gasteiger partial charge in [-0.2, -0.15) is 0 Å². The van der Waals surface area contributed by atoms with Gasteiger partial charge in [-0.3, -0.25) is 9.52 Å². The van der Waals surface area contributed by atoms with Gasteiger partial charge in [0.25, 0.3) is 10.0 Å². The number of rotatable bonds is 8. The molecule has 0 radical (unpaired) electrons. The number of aliphatic hydroxyl groups is 1. The molecule has 11 heteroatoms. The average Bonchev–Trinajstić information content (AvgIpc) is 2.60. The van der Waals surface area contributed by atoms with E-state index in [9.17, 15) is 31.5 Å². The quantitative estimate of drug-likeness (QED) is 0.554. The van der Waals surface area contributed by atoms with Gasteiger partial charge in [-0.1, -0.05) is 19.9 Å². The Labute approximate surface area is 178 Å². The number of aryl methyl sites for hydroxylation is 1. The molecule has 0 aliphatic heterocycles. The molecule has 1 unspecified atom stereocenters. The molecule has 0 spiro atoms. The van der Waals surface area contributed by atoms with Gasteiger partial charge < -0.3 is 15.2 Å². The number of aliphatic hydroxyl groups excluding tert-OH is 1. The van der Waals surface area contributed by atoms with Gasteiger partial charge in [0.05, 0.1) is 23.1 Å². The summed E-state index contributed by atoms with van der Waals surface area (Å²) in [6, 6.07) is 8.57. The summed E-state index contributed by atoms with van der Waals surface area (Å²) in [5, 5.41) is 12.0. The molecule has 0 fully saturated rings. The van der Waals surface area contributed by atoms with Crippen LogP contribution in [0.2, 0.25) is 0 Å². The van der Waals surface area contributed by atoms with E-state index in [1.807, 2.05) is 0 Å². The van der Waals surface area contributed by atoms with Crippen LogP contribution in [-0.4, -0.2) is 32.4 Å². The minimum Gasteiger partial charge on any atom is -0.406 e. The zero-order valence-electron chi connectivity index (χ0n) is 17.0. The molecule has 0 aliphatic carbocycles. The minimum atomic E-state index is -4.90. The van der Waals surface area contributed by atoms with Gasteiger partial charge in [0.1, 0.15) is 5.75 Å². The molecule has 3 N–H and O–H groups in total. The second-order valence-electron chi connectivity index (χ2n) is 7.18. The molecular formula is C20H23F3N2O5S. The first-order valence-electron chi connectivity index (χ1n) is 9.23. The highest BCUT2D eigenvalue weighted by molar-refractivity contribution is 7.92. The zero-order valence-corrected chi connectivity index (χ0v) is 17.8. The van der Waals surface area contributed by atoms with Crippen molar-refractivity contribution in [1.82, 2.24) is 0 Å². The van der Waals surface area contributed by atoms with E-state index in [2.05, 4.69) is 14.8 Å². The lowest BCUT2D eigenvalue weighted by Gasteiger charge is -2.18. The van der Waals surface area contributed by atoms with E-state index >= 15 is 0 Å². The Bertz CT molecular complexity index is 1040. The predicted molar refractivity (Wildman–Crippen MR) is 109 cm³/mol. The molecule has 0 heterocycles. The third kappa shape index (κ3) is 6.86. The number of carbonyl (C=O) groups excluding carboxylic acids is 1. The van der Waals surface area contributed by atoms with Crippen molar-refractivity contribution in [3.63, 3.8) is 0 Å². The number of halogens is 3. The van der Waals surface area contributed by atoms with Gasteiger partial charge in [0.15, 0.2) is 0 Å². The van der Waals surface area contributed by atoms with Crippen molar-refractivity contribution < 1.29 is 36.2 Å². The third-order valence-corrected chi connectivity index (χ3v) is 5.93. The van der Waals surface area contributed by atoms with Crippen LogP contribution in [0.3, 0.4) is 0 Å². The standard InChI is InChI=1S/C20H23F3N2O5S/c1-12(2)17(11-26)19(27)24-14-7-8-18(13(3)9-14)31(28,29)25-15-5-4-6-16(10-15)30-20(21,22)23/h4-10,12,17,25-26H,11H2,1-3H3,(H,24,27). The molecule has 1 amide bonds. The van der Waals surface area contributed by atoms with Crippen LogP contribution in [-0.2, 0) is 14.8 Å². The average molecular weight is 460 g/mol. The number of hydrogen-bond acceptors (Lipinski definition) is 5. The first-order chi connectivity index (χ1) is 14.3. The maximum Gasteiger partial charge on any atom is 0.573 e. The Balaban J connectivity index is 2.21. The maximum absolute atomic E-state index is 12.7. The van der Waals surface area contributed by atoms with Crippen molar-refractivity contribution in [2.24, 2.45) is 11.8 Å². The molecule has 0 saturated heterocycles. The summed E-state index contributed by atoms with van der Waals surface area (Å²) in [5.41, 5.74) is 0.542. The van der Waals surface area contributed by atoms with Crippen LogP contribution < -0.4 is 14.8 Å². The maximum atomic E-state index is 12.7. The molecule has 2 rings (SSSR count). The van der Waals surface area contributed by atoms with Crippen molar-refractivity contribution in [3.8, 4) is 5.75 Å². The van der Waals surface area contributed by atoms with Gasteiger partial charge in [-0.15, -0.1) is 13.2 Å². The first-order valence-corrected chi connectivity index (χ1v) is 10.7. The van der Waals surface area contributed by atoms with Crippen LogP contribution in [0.4, 0.5) is 24.5 Å². The first kappa shape index (κ1) is 24.5. The Morgan fingerprint density at radius 2 is 1.81 bits per heavy atom. The molecule has 2 aromatic rings. The predicted octanol–water partition coefficient (Wildman–Crippen LogP) is 3.90. The summed E-state index contributed by atoms with van der Waals surface area (Å²) in [5.74, 6) is -1.67. The van der Waals surface area contributed by atoms with E-state index in [0.29, 0.717) is 11.3 Å². The van der Waals surface area contributed by atoms with E-state index < -0.39 is 34.0 Å². The van der Waals surface area contributed by atoms with Crippen LogP contribution in [0.25, 0.3) is 0 Å². The zero-order chi connectivity index (χ0) is 23.4. The number of alkyl halides is 3. The van der Waals surface area contributed by atoms with Crippen molar-refractivity contribution in [2.45, 2.75) is 32.0 Å². The van der Waals surface area contributed by atoms with Gasteiger partial charge in [-0.25, -0.2) is 8.42 Å². The topological polar surface area (TPSA) is 105 Å². The number of nitrogens with one attached hydrogen (secondary N) is 2. The summed E-state index contributed by atoms with van der Waals surface area (Å²) in [4.78, 5) is 12.1. The van der Waals surface area contributed by atoms with Crippen molar-refractivity contribution >= 4 is 27.3 Å². The Hall–Kier alpha value is -2.79. The number of hydrogen-bond donors (Lipinski definition) is 3. The van der Waals surface area contributed by atoms with Gasteiger partial charge >= 0.3 is 6.36 Å². The van der Waals surface area contributed by atoms with Crippen molar-refractivity contribution in [1.29, 1.82) is 0 Å². The molecular weight excluding hydrogens is 437 g/mol. The van der Waals surface area contributed by atoms with E-state index in [1.54, 1.807) is 13.8 Å². The van der Waals surface area contributed by atoms with E-state index in [-0.39, 0.29) is 23.1 Å². The SMILES string of the molecule is Cc1cc(NC(=O)C(CO)C(C)C)ccc1S(=O)(=O)Nc1cccc(OC(F)(F)F)c1. The van der Waals surface area contributed by atoms with E-state index in [4.69, 9.17) is 0 Å². The molecule has 0 bridgehead atoms. The van der Waals surface area contributed by atoms with Crippen molar-refractivity contribution in [2.75, 3.05) is 16.6 Å². The van der Waals surface area contributed by atoms with Crippen LogP contribution in [0.1, 0.15) is 19.4 Å². The third-order valence-electron chi connectivity index (χ3n) is 4.39. The van der Waals surface area contributed by atoms with Crippen LogP contribution in [0.15, 0.2) is 47.4 Å². The molecule has 0 aliphatic rings. The lowest BCUT2D eigenvalue weighted by atomic mass is 9.96. The molecule has 0 aromatic heterocycles. The van der Waals surface area contributed by atoms with E-state index in [0.717, 1.165) is 12.1 Å². The Morgan fingerprint density at radius 3 is 2.35 bits per heavy atom. The highest BCUT2D eigenvalue weighted by Crippen LogP contribution is 2.27. The van der Waals surface area contributed by atoms with Crippen LogP contribution >= 0.6 is 0 Å².